The Labute approximate surface area is 104 Å². The number of hydrogen-bond acceptors (Lipinski definition) is 2. The molecule has 1 aliphatic heterocycles. The molecule has 1 saturated heterocycles. The zero-order valence-corrected chi connectivity index (χ0v) is 10.7. The molecule has 0 aromatic heterocycles. The van der Waals surface area contributed by atoms with Gasteiger partial charge in [-0.05, 0) is 30.9 Å². The van der Waals surface area contributed by atoms with Crippen LogP contribution < -0.4 is 0 Å². The van der Waals surface area contributed by atoms with Gasteiger partial charge in [0.05, 0.1) is 12.1 Å². The molecule has 1 aliphatic carbocycles. The molecule has 1 heterocycles. The van der Waals surface area contributed by atoms with Crippen molar-refractivity contribution in [2.45, 2.75) is 37.5 Å². The van der Waals surface area contributed by atoms with Crippen molar-refractivity contribution in [1.29, 1.82) is 0 Å². The van der Waals surface area contributed by atoms with Crippen molar-refractivity contribution in [2.75, 3.05) is 6.54 Å². The number of aliphatic hydroxyl groups is 1. The first-order chi connectivity index (χ1) is 7.77. The largest absolute Gasteiger partial charge is 0.391 e. The van der Waals surface area contributed by atoms with Gasteiger partial charge in [0.1, 0.15) is 0 Å². The average Bonchev–Trinajstić information content (AvgIpc) is 3.04. The molecule has 2 atom stereocenters. The van der Waals surface area contributed by atoms with Gasteiger partial charge in [-0.3, -0.25) is 4.90 Å². The summed E-state index contributed by atoms with van der Waals surface area (Å²) in [5, 5.41) is 10.2. The molecule has 3 heteroatoms. The standard InChI is InChI=1S/C13H16BrNO/c14-11-4-2-1-3-10(11)13-12(16)7-8-15(13)9-5-6-9/h1-4,9,12-13,16H,5-8H2. The predicted molar refractivity (Wildman–Crippen MR) is 67.2 cm³/mol. The lowest BCUT2D eigenvalue weighted by molar-refractivity contribution is 0.112. The molecule has 86 valence electrons. The third-order valence-corrected chi connectivity index (χ3v) is 4.37. The van der Waals surface area contributed by atoms with Crippen molar-refractivity contribution in [1.82, 2.24) is 4.90 Å². The fraction of sp³-hybridized carbons (Fsp3) is 0.538. The van der Waals surface area contributed by atoms with Crippen LogP contribution in [0.2, 0.25) is 0 Å². The minimum absolute atomic E-state index is 0.197. The molecule has 16 heavy (non-hydrogen) atoms. The summed E-state index contributed by atoms with van der Waals surface area (Å²) in [5.41, 5.74) is 1.24. The van der Waals surface area contributed by atoms with Crippen molar-refractivity contribution in [3.8, 4) is 0 Å². The van der Waals surface area contributed by atoms with Gasteiger partial charge < -0.3 is 5.11 Å². The van der Waals surface area contributed by atoms with Crippen LogP contribution in [-0.4, -0.2) is 28.7 Å². The van der Waals surface area contributed by atoms with Crippen LogP contribution in [0.25, 0.3) is 0 Å². The van der Waals surface area contributed by atoms with E-state index < -0.39 is 0 Å². The van der Waals surface area contributed by atoms with Crippen LogP contribution in [-0.2, 0) is 0 Å². The summed E-state index contributed by atoms with van der Waals surface area (Å²) < 4.78 is 1.12. The first kappa shape index (κ1) is 10.8. The van der Waals surface area contributed by atoms with Crippen LogP contribution in [0.1, 0.15) is 30.9 Å². The Hall–Kier alpha value is -0.380. The number of halogens is 1. The van der Waals surface area contributed by atoms with Gasteiger partial charge in [0.2, 0.25) is 0 Å². The Morgan fingerprint density at radius 2 is 1.94 bits per heavy atom. The summed E-state index contributed by atoms with van der Waals surface area (Å²) in [6, 6.07) is 9.17. The minimum Gasteiger partial charge on any atom is -0.391 e. The van der Waals surface area contributed by atoms with E-state index in [4.69, 9.17) is 0 Å². The molecule has 1 saturated carbocycles. The molecule has 0 amide bonds. The summed E-state index contributed by atoms with van der Waals surface area (Å²) in [6.45, 7) is 1.04. The van der Waals surface area contributed by atoms with Gasteiger partial charge in [0.15, 0.2) is 0 Å². The second-order valence-corrected chi connectivity index (χ2v) is 5.65. The van der Waals surface area contributed by atoms with Crippen molar-refractivity contribution in [3.05, 3.63) is 34.3 Å². The monoisotopic (exact) mass is 281 g/mol. The molecule has 1 aromatic rings. The van der Waals surface area contributed by atoms with Gasteiger partial charge in [-0.2, -0.15) is 0 Å². The lowest BCUT2D eigenvalue weighted by Crippen LogP contribution is -2.29. The Morgan fingerprint density at radius 1 is 1.19 bits per heavy atom. The number of hydrogen-bond donors (Lipinski definition) is 1. The fourth-order valence-electron chi connectivity index (χ4n) is 2.72. The lowest BCUT2D eigenvalue weighted by atomic mass is 10.0. The second-order valence-electron chi connectivity index (χ2n) is 4.79. The third kappa shape index (κ3) is 1.81. The summed E-state index contributed by atoms with van der Waals surface area (Å²) >= 11 is 3.59. The quantitative estimate of drug-likeness (QED) is 0.901. The van der Waals surface area contributed by atoms with Gasteiger partial charge in [0.25, 0.3) is 0 Å². The first-order valence-corrected chi connectivity index (χ1v) is 6.75. The fourth-order valence-corrected chi connectivity index (χ4v) is 3.24. The third-order valence-electron chi connectivity index (χ3n) is 3.64. The lowest BCUT2D eigenvalue weighted by Gasteiger charge is -2.27. The van der Waals surface area contributed by atoms with Crippen molar-refractivity contribution in [2.24, 2.45) is 0 Å². The molecule has 2 fully saturated rings. The van der Waals surface area contributed by atoms with Crippen molar-refractivity contribution in [3.63, 3.8) is 0 Å². The zero-order valence-electron chi connectivity index (χ0n) is 9.14. The number of likely N-dealkylation sites (tertiary alicyclic amines) is 1. The summed E-state index contributed by atoms with van der Waals surface area (Å²) in [7, 11) is 0. The second kappa shape index (κ2) is 4.13. The highest BCUT2D eigenvalue weighted by Crippen LogP contribution is 2.42. The van der Waals surface area contributed by atoms with Crippen LogP contribution in [0.15, 0.2) is 28.7 Å². The normalized spacial score (nSPS) is 30.9. The van der Waals surface area contributed by atoms with E-state index in [1.807, 2.05) is 6.07 Å². The van der Waals surface area contributed by atoms with E-state index in [9.17, 15) is 5.11 Å². The van der Waals surface area contributed by atoms with Crippen LogP contribution >= 0.6 is 15.9 Å². The maximum Gasteiger partial charge on any atom is 0.0749 e. The number of rotatable bonds is 2. The van der Waals surface area contributed by atoms with E-state index in [1.165, 1.54) is 18.4 Å². The molecule has 0 spiro atoms. The van der Waals surface area contributed by atoms with Gasteiger partial charge in [-0.15, -0.1) is 0 Å². The van der Waals surface area contributed by atoms with Crippen LogP contribution in [0.4, 0.5) is 0 Å². The predicted octanol–water partition coefficient (Wildman–Crippen LogP) is 2.72. The van der Waals surface area contributed by atoms with Gasteiger partial charge in [0, 0.05) is 17.1 Å². The topological polar surface area (TPSA) is 23.5 Å². The summed E-state index contributed by atoms with van der Waals surface area (Å²) in [4.78, 5) is 2.48. The molecule has 2 nitrogen and oxygen atoms in total. The molecule has 0 bridgehead atoms. The Kier molecular flexibility index (Phi) is 2.78. The molecule has 1 N–H and O–H groups in total. The van der Waals surface area contributed by atoms with Gasteiger partial charge >= 0.3 is 0 Å². The zero-order chi connectivity index (χ0) is 11.1. The average molecular weight is 282 g/mol. The maximum absolute atomic E-state index is 10.2. The molecule has 2 unspecified atom stereocenters. The number of benzene rings is 1. The highest BCUT2D eigenvalue weighted by atomic mass is 79.9. The van der Waals surface area contributed by atoms with E-state index in [0.717, 1.165) is 17.4 Å². The Balaban J connectivity index is 1.93. The first-order valence-electron chi connectivity index (χ1n) is 5.95. The maximum atomic E-state index is 10.2. The van der Waals surface area contributed by atoms with E-state index in [0.29, 0.717) is 6.04 Å². The van der Waals surface area contributed by atoms with Gasteiger partial charge in [-0.1, -0.05) is 34.1 Å². The van der Waals surface area contributed by atoms with Crippen molar-refractivity contribution < 1.29 is 5.11 Å². The van der Waals surface area contributed by atoms with E-state index >= 15 is 0 Å². The molecule has 1 aromatic carbocycles. The van der Waals surface area contributed by atoms with E-state index in [-0.39, 0.29) is 12.1 Å². The molecular weight excluding hydrogens is 266 g/mol. The minimum atomic E-state index is -0.209. The SMILES string of the molecule is OC1CCN(C2CC2)C1c1ccccc1Br. The molecule has 2 aliphatic rings. The highest BCUT2D eigenvalue weighted by molar-refractivity contribution is 9.10. The highest BCUT2D eigenvalue weighted by Gasteiger charge is 2.42. The van der Waals surface area contributed by atoms with Crippen LogP contribution in [0.5, 0.6) is 0 Å². The van der Waals surface area contributed by atoms with Crippen LogP contribution in [0.3, 0.4) is 0 Å². The van der Waals surface area contributed by atoms with Crippen LogP contribution in [0, 0.1) is 0 Å². The number of aliphatic hydroxyl groups excluding tert-OH is 1. The molecule has 3 rings (SSSR count). The molecular formula is C13H16BrNO. The smallest absolute Gasteiger partial charge is 0.0749 e. The number of nitrogens with zero attached hydrogens (tertiary/aromatic N) is 1. The van der Waals surface area contributed by atoms with Crippen molar-refractivity contribution >= 4 is 15.9 Å². The summed E-state index contributed by atoms with van der Waals surface area (Å²) in [5.74, 6) is 0. The molecule has 0 radical (unpaired) electrons. The van der Waals surface area contributed by atoms with E-state index in [1.54, 1.807) is 0 Å². The Bertz CT molecular complexity index is 391. The summed E-state index contributed by atoms with van der Waals surface area (Å²) in [6.07, 6.45) is 3.29. The van der Waals surface area contributed by atoms with E-state index in [2.05, 4.69) is 39.0 Å². The Morgan fingerprint density at radius 3 is 2.62 bits per heavy atom. The van der Waals surface area contributed by atoms with Gasteiger partial charge in [-0.25, -0.2) is 0 Å².